The Morgan fingerprint density at radius 2 is 1.95 bits per heavy atom. The van der Waals surface area contributed by atoms with Crippen molar-refractivity contribution < 1.29 is 4.74 Å². The molecule has 0 aliphatic carbocycles. The lowest BCUT2D eigenvalue weighted by Gasteiger charge is -2.26. The lowest BCUT2D eigenvalue weighted by molar-refractivity contribution is 0.410. The highest BCUT2D eigenvalue weighted by atomic mass is 16.5. The minimum Gasteiger partial charge on any atom is -0.496 e. The number of anilines is 1. The number of nitrogens with two attached hydrogens (primary N) is 1. The average Bonchev–Trinajstić information content (AvgIpc) is 2.86. The third kappa shape index (κ3) is 1.96. The summed E-state index contributed by atoms with van der Waals surface area (Å²) < 4.78 is 5.47. The van der Waals surface area contributed by atoms with Crippen molar-refractivity contribution in [2.45, 2.75) is 12.6 Å². The molecule has 2 aromatic rings. The van der Waals surface area contributed by atoms with Crippen LogP contribution in [0.3, 0.4) is 0 Å². The molecule has 0 amide bonds. The second kappa shape index (κ2) is 4.94. The van der Waals surface area contributed by atoms with E-state index in [0.29, 0.717) is 6.54 Å². The highest BCUT2D eigenvalue weighted by Crippen LogP contribution is 2.40. The van der Waals surface area contributed by atoms with Gasteiger partial charge in [-0.2, -0.15) is 0 Å². The van der Waals surface area contributed by atoms with Crippen molar-refractivity contribution in [3.8, 4) is 5.75 Å². The number of para-hydroxylation sites is 1. The molecule has 0 bridgehead atoms. The van der Waals surface area contributed by atoms with E-state index in [9.17, 15) is 0 Å². The summed E-state index contributed by atoms with van der Waals surface area (Å²) in [5.41, 5.74) is 9.73. The first-order valence-corrected chi connectivity index (χ1v) is 6.52. The summed E-state index contributed by atoms with van der Waals surface area (Å²) in [6.07, 6.45) is 0. The normalized spacial score (nSPS) is 17.4. The van der Waals surface area contributed by atoms with Crippen molar-refractivity contribution in [2.24, 2.45) is 5.73 Å². The topological polar surface area (TPSA) is 38.5 Å². The Morgan fingerprint density at radius 1 is 1.16 bits per heavy atom. The van der Waals surface area contributed by atoms with Crippen LogP contribution in [0.5, 0.6) is 5.75 Å². The fourth-order valence-corrected chi connectivity index (χ4v) is 2.85. The number of hydrogen-bond donors (Lipinski definition) is 1. The van der Waals surface area contributed by atoms with Crippen LogP contribution in [0.1, 0.15) is 17.2 Å². The molecular weight excluding hydrogens is 236 g/mol. The third-order valence-electron chi connectivity index (χ3n) is 3.76. The largest absolute Gasteiger partial charge is 0.496 e. The summed E-state index contributed by atoms with van der Waals surface area (Å²) in [5, 5.41) is 0. The Hall–Kier alpha value is -2.00. The van der Waals surface area contributed by atoms with Gasteiger partial charge in [-0.25, -0.2) is 0 Å². The first kappa shape index (κ1) is 12.1. The molecule has 0 fully saturated rings. The van der Waals surface area contributed by atoms with Gasteiger partial charge in [0.05, 0.1) is 13.2 Å². The van der Waals surface area contributed by atoms with Gasteiger partial charge in [0.25, 0.3) is 0 Å². The highest BCUT2D eigenvalue weighted by Gasteiger charge is 2.31. The number of nitrogens with zero attached hydrogens (tertiary/aromatic N) is 1. The average molecular weight is 254 g/mol. The van der Waals surface area contributed by atoms with Gasteiger partial charge in [0.2, 0.25) is 0 Å². The Bertz CT molecular complexity index is 568. The van der Waals surface area contributed by atoms with Gasteiger partial charge < -0.3 is 15.4 Å². The molecule has 1 heterocycles. The lowest BCUT2D eigenvalue weighted by Crippen LogP contribution is -2.27. The van der Waals surface area contributed by atoms with E-state index in [2.05, 4.69) is 35.2 Å². The zero-order valence-electron chi connectivity index (χ0n) is 11.0. The Morgan fingerprint density at radius 3 is 2.63 bits per heavy atom. The van der Waals surface area contributed by atoms with Crippen molar-refractivity contribution in [1.29, 1.82) is 0 Å². The van der Waals surface area contributed by atoms with Gasteiger partial charge in [-0.3, -0.25) is 0 Å². The van der Waals surface area contributed by atoms with Crippen LogP contribution in [0, 0.1) is 0 Å². The van der Waals surface area contributed by atoms with Crippen molar-refractivity contribution in [2.75, 3.05) is 18.6 Å². The maximum absolute atomic E-state index is 5.99. The molecule has 0 spiro atoms. The van der Waals surface area contributed by atoms with Gasteiger partial charge in [-0.05, 0) is 23.8 Å². The van der Waals surface area contributed by atoms with Gasteiger partial charge >= 0.3 is 0 Å². The number of benzene rings is 2. The van der Waals surface area contributed by atoms with Gasteiger partial charge in [0.15, 0.2) is 0 Å². The van der Waals surface area contributed by atoms with Crippen LogP contribution < -0.4 is 15.4 Å². The highest BCUT2D eigenvalue weighted by molar-refractivity contribution is 5.57. The van der Waals surface area contributed by atoms with Crippen molar-refractivity contribution in [1.82, 2.24) is 0 Å². The van der Waals surface area contributed by atoms with E-state index in [0.717, 1.165) is 12.3 Å². The zero-order chi connectivity index (χ0) is 13.2. The van der Waals surface area contributed by atoms with E-state index in [1.54, 1.807) is 7.11 Å². The number of methoxy groups -OCH3 is 1. The smallest absolute Gasteiger partial charge is 0.124 e. The molecule has 0 saturated carbocycles. The first-order valence-electron chi connectivity index (χ1n) is 6.52. The zero-order valence-corrected chi connectivity index (χ0v) is 11.0. The molecule has 2 N–H and O–H groups in total. The molecule has 3 heteroatoms. The lowest BCUT2D eigenvalue weighted by atomic mass is 10.0. The van der Waals surface area contributed by atoms with Crippen molar-refractivity contribution in [3.63, 3.8) is 0 Å². The molecule has 98 valence electrons. The molecule has 1 aliphatic heterocycles. The van der Waals surface area contributed by atoms with E-state index in [-0.39, 0.29) is 6.04 Å². The second-order valence-corrected chi connectivity index (χ2v) is 4.74. The minimum absolute atomic E-state index is 0.229. The molecule has 0 radical (unpaired) electrons. The molecule has 1 atom stereocenters. The van der Waals surface area contributed by atoms with E-state index in [4.69, 9.17) is 10.5 Å². The molecular formula is C16H18N2O. The summed E-state index contributed by atoms with van der Waals surface area (Å²) in [4.78, 5) is 2.34. The molecule has 0 saturated heterocycles. The molecule has 0 aromatic heterocycles. The predicted octanol–water partition coefficient (Wildman–Crippen LogP) is 2.72. The van der Waals surface area contributed by atoms with E-state index in [1.165, 1.54) is 16.8 Å². The minimum atomic E-state index is 0.229. The SMILES string of the molecule is COc1cccc2c1CN(c1ccccc1)C2CN. The Kier molecular flexibility index (Phi) is 3.13. The summed E-state index contributed by atoms with van der Waals surface area (Å²) in [6.45, 7) is 1.46. The number of ether oxygens (including phenoxy) is 1. The van der Waals surface area contributed by atoms with Gasteiger partial charge in [0.1, 0.15) is 5.75 Å². The standard InChI is InChI=1S/C16H18N2O/c1-19-16-9-5-8-13-14(16)11-18(15(13)10-17)12-6-3-2-4-7-12/h2-9,15H,10-11,17H2,1H3. The maximum Gasteiger partial charge on any atom is 0.124 e. The van der Waals surface area contributed by atoms with Crippen LogP contribution in [0.2, 0.25) is 0 Å². The summed E-state index contributed by atoms with van der Waals surface area (Å²) in [5.74, 6) is 0.953. The summed E-state index contributed by atoms with van der Waals surface area (Å²) in [6, 6.07) is 16.8. The summed E-state index contributed by atoms with van der Waals surface area (Å²) >= 11 is 0. The van der Waals surface area contributed by atoms with Gasteiger partial charge in [-0.15, -0.1) is 0 Å². The third-order valence-corrected chi connectivity index (χ3v) is 3.76. The molecule has 1 unspecified atom stereocenters. The van der Waals surface area contributed by atoms with Crippen molar-refractivity contribution in [3.05, 3.63) is 59.7 Å². The van der Waals surface area contributed by atoms with Gasteiger partial charge in [-0.1, -0.05) is 30.3 Å². The molecule has 1 aliphatic rings. The summed E-state index contributed by atoms with van der Waals surface area (Å²) in [7, 11) is 1.72. The Labute approximate surface area is 113 Å². The molecule has 2 aromatic carbocycles. The van der Waals surface area contributed by atoms with E-state index < -0.39 is 0 Å². The second-order valence-electron chi connectivity index (χ2n) is 4.74. The fraction of sp³-hybridized carbons (Fsp3) is 0.250. The van der Waals surface area contributed by atoms with E-state index in [1.807, 2.05) is 18.2 Å². The Balaban J connectivity index is 2.04. The molecule has 3 nitrogen and oxygen atoms in total. The van der Waals surface area contributed by atoms with Crippen LogP contribution in [-0.2, 0) is 6.54 Å². The number of hydrogen-bond acceptors (Lipinski definition) is 3. The van der Waals surface area contributed by atoms with Crippen LogP contribution in [0.25, 0.3) is 0 Å². The molecule has 3 rings (SSSR count). The van der Waals surface area contributed by atoms with Crippen molar-refractivity contribution >= 4 is 5.69 Å². The van der Waals surface area contributed by atoms with E-state index >= 15 is 0 Å². The van der Waals surface area contributed by atoms with Crippen LogP contribution in [0.4, 0.5) is 5.69 Å². The first-order chi connectivity index (χ1) is 9.35. The monoisotopic (exact) mass is 254 g/mol. The maximum atomic E-state index is 5.99. The van der Waals surface area contributed by atoms with Crippen LogP contribution in [0.15, 0.2) is 48.5 Å². The van der Waals surface area contributed by atoms with Crippen LogP contribution in [-0.4, -0.2) is 13.7 Å². The fourth-order valence-electron chi connectivity index (χ4n) is 2.85. The van der Waals surface area contributed by atoms with Gasteiger partial charge in [0, 0.05) is 24.3 Å². The number of rotatable bonds is 3. The number of fused-ring (bicyclic) bond motifs is 1. The quantitative estimate of drug-likeness (QED) is 0.915. The predicted molar refractivity (Wildman–Crippen MR) is 77.4 cm³/mol. The molecule has 19 heavy (non-hydrogen) atoms. The van der Waals surface area contributed by atoms with Crippen LogP contribution >= 0.6 is 0 Å².